The van der Waals surface area contributed by atoms with Gasteiger partial charge in [-0.05, 0) is 69.1 Å². The van der Waals surface area contributed by atoms with E-state index in [0.717, 1.165) is 30.8 Å². The molecule has 1 aliphatic heterocycles. The highest BCUT2D eigenvalue weighted by Crippen LogP contribution is 2.70. The number of likely N-dealkylation sites (tertiary alicyclic amines) is 1. The van der Waals surface area contributed by atoms with E-state index in [4.69, 9.17) is 24.2 Å². The van der Waals surface area contributed by atoms with Crippen LogP contribution in [0.3, 0.4) is 0 Å². The zero-order valence-corrected chi connectivity index (χ0v) is 37.1. The van der Waals surface area contributed by atoms with E-state index >= 15 is 0 Å². The van der Waals surface area contributed by atoms with Gasteiger partial charge in [0, 0.05) is 53.7 Å². The Balaban J connectivity index is 1.22. The number of carbonyl (C=O) groups excluding carboxylic acids is 3. The third-order valence-electron chi connectivity index (χ3n) is 11.5. The number of rotatable bonds is 15. The van der Waals surface area contributed by atoms with Crippen LogP contribution < -0.4 is 25.4 Å². The van der Waals surface area contributed by atoms with Gasteiger partial charge >= 0.3 is 6.09 Å². The van der Waals surface area contributed by atoms with E-state index in [1.165, 1.54) is 35.0 Å². The van der Waals surface area contributed by atoms with Gasteiger partial charge in [0.15, 0.2) is 5.13 Å². The van der Waals surface area contributed by atoms with Crippen molar-refractivity contribution in [1.82, 2.24) is 35.5 Å². The fraction of sp³-hybridized carbons (Fsp3) is 0.512. The number of amides is 3. The third-order valence-corrected chi connectivity index (χ3v) is 14.9. The molecule has 1 saturated heterocycles. The molecule has 0 spiro atoms. The number of anilines is 1. The Hall–Kier alpha value is -5.12. The summed E-state index contributed by atoms with van der Waals surface area (Å²) in [6, 6.07) is 5.18. The molecule has 3 aliphatic rings. The molecule has 18 heteroatoms. The number of ether oxygens (including phenoxy) is 3. The monoisotopic (exact) mass is 874 g/mol. The van der Waals surface area contributed by atoms with Gasteiger partial charge in [-0.1, -0.05) is 26.8 Å². The van der Waals surface area contributed by atoms with Gasteiger partial charge in [0.1, 0.15) is 53.1 Å². The first-order valence-corrected chi connectivity index (χ1v) is 23.4. The van der Waals surface area contributed by atoms with E-state index in [1.807, 2.05) is 46.1 Å². The number of hydrogen-bond acceptors (Lipinski definition) is 13. The molecule has 1 unspecified atom stereocenters. The number of nitrogens with zero attached hydrogens (tertiary/aromatic N) is 5. The maximum Gasteiger partial charge on any atom is 0.408 e. The predicted molar refractivity (Wildman–Crippen MR) is 233 cm³/mol. The van der Waals surface area contributed by atoms with Crippen molar-refractivity contribution in [1.29, 1.82) is 0 Å². The van der Waals surface area contributed by atoms with Gasteiger partial charge in [0.05, 0.1) is 31.0 Å². The molecule has 3 fully saturated rings. The molecule has 6 atom stereocenters. The number of pyridine rings is 1. The highest BCUT2D eigenvalue weighted by Gasteiger charge is 2.66. The Morgan fingerprint density at radius 1 is 1.10 bits per heavy atom. The molecule has 0 radical (unpaired) electrons. The number of benzene rings is 1. The van der Waals surface area contributed by atoms with Crippen molar-refractivity contribution < 1.29 is 38.1 Å². The molecule has 0 bridgehead atoms. The van der Waals surface area contributed by atoms with E-state index < -0.39 is 60.1 Å². The van der Waals surface area contributed by atoms with Crippen LogP contribution in [-0.2, 0) is 25.1 Å². The second-order valence-corrected chi connectivity index (χ2v) is 20.9. The summed E-state index contributed by atoms with van der Waals surface area (Å²) in [6.07, 6.45) is 7.54. The second-order valence-electron chi connectivity index (χ2n) is 17.5. The summed E-state index contributed by atoms with van der Waals surface area (Å²) in [4.78, 5) is 73.5. The largest absolute Gasteiger partial charge is 0.497 e. The molecule has 61 heavy (non-hydrogen) atoms. The smallest absolute Gasteiger partial charge is 0.408 e. The van der Waals surface area contributed by atoms with Gasteiger partial charge in [-0.3, -0.25) is 14.2 Å². The molecule has 4 N–H and O–H groups in total. The third kappa shape index (κ3) is 9.68. The van der Waals surface area contributed by atoms with Crippen LogP contribution in [0.25, 0.3) is 22.3 Å². The maximum atomic E-state index is 14.9. The van der Waals surface area contributed by atoms with E-state index in [1.54, 1.807) is 31.4 Å². The average Bonchev–Trinajstić information content (AvgIpc) is 3.61. The molecule has 2 aliphatic carbocycles. The van der Waals surface area contributed by atoms with E-state index in [9.17, 15) is 23.8 Å². The van der Waals surface area contributed by atoms with Crippen molar-refractivity contribution in [3.05, 3.63) is 66.6 Å². The topological polar surface area (TPSA) is 207 Å². The summed E-state index contributed by atoms with van der Waals surface area (Å²) in [5.74, 6) is -0.587. The van der Waals surface area contributed by atoms with Gasteiger partial charge in [0.25, 0.3) is 0 Å². The van der Waals surface area contributed by atoms with Gasteiger partial charge < -0.3 is 40.0 Å². The molecule has 1 aromatic carbocycles. The zero-order chi connectivity index (χ0) is 43.7. The van der Waals surface area contributed by atoms with Crippen LogP contribution in [0.5, 0.6) is 11.5 Å². The van der Waals surface area contributed by atoms with Crippen LogP contribution in [0.4, 0.5) is 9.93 Å². The SMILES string of the molecule is C=C[C@@H]1C[C@]1(NC(=O)[C@@H]1C[C@@H](Oc2cc(-c3csc(NC(C)C)n3)nc3cc(OC)ccc23)CN1C(=O)[C@@H](NC(=O)OC1CCCC1)C(C)(C)C)P(=O)(O)Cc1cncnc1. The minimum absolute atomic E-state index is 0.0342. The number of nitrogens with one attached hydrogen (secondary N) is 3. The fourth-order valence-corrected chi connectivity index (χ4v) is 11.4. The van der Waals surface area contributed by atoms with Crippen molar-refractivity contribution in [2.45, 2.75) is 115 Å². The second kappa shape index (κ2) is 17.7. The lowest BCUT2D eigenvalue weighted by atomic mass is 9.85. The standard InChI is InChI=1S/C43H55N8O8PS/c1-8-27-18-43(27,60(55,56)22-26-19-44-24-45-20-26)50-38(52)35-16-30(21-51(35)39(53)37(42(4,5)6)49-41(54)59-28-11-9-10-12-28)58-36-17-33(34-23-61-40(48-34)46-25(2)3)47-32-15-29(57-7)13-14-31(32)36/h8,13-15,17,19-20,23-25,27-28,30,35,37H,1,9-12,16,18,21-22H2,2-7H3,(H,46,48)(H,49,54)(H,50,52)(H,55,56)/t27-,30-,35+,37-,43+/m1/s1. The molecule has 3 amide bonds. The minimum atomic E-state index is -4.16. The Morgan fingerprint density at radius 2 is 1.84 bits per heavy atom. The first-order chi connectivity index (χ1) is 29.0. The van der Waals surface area contributed by atoms with Crippen LogP contribution in [0.1, 0.15) is 78.7 Å². The van der Waals surface area contributed by atoms with E-state index in [2.05, 4.69) is 32.5 Å². The molecule has 326 valence electrons. The van der Waals surface area contributed by atoms with Crippen molar-refractivity contribution in [3.63, 3.8) is 0 Å². The summed E-state index contributed by atoms with van der Waals surface area (Å²) in [6.45, 7) is 13.4. The molecule has 4 heterocycles. The highest BCUT2D eigenvalue weighted by atomic mass is 32.1. The van der Waals surface area contributed by atoms with Crippen LogP contribution in [0, 0.1) is 11.3 Å². The van der Waals surface area contributed by atoms with E-state index in [0.29, 0.717) is 39.4 Å². The Kier molecular flexibility index (Phi) is 12.8. The highest BCUT2D eigenvalue weighted by molar-refractivity contribution is 7.59. The average molecular weight is 875 g/mol. The van der Waals surface area contributed by atoms with Gasteiger partial charge in [0.2, 0.25) is 19.2 Å². The van der Waals surface area contributed by atoms with Crippen molar-refractivity contribution in [3.8, 4) is 22.9 Å². The Labute approximate surface area is 359 Å². The molecular formula is C43H55N8O8PS. The molecular weight excluding hydrogens is 820 g/mol. The lowest BCUT2D eigenvalue weighted by Crippen LogP contribution is -2.58. The summed E-state index contributed by atoms with van der Waals surface area (Å²) in [5.41, 5.74) is 1.41. The van der Waals surface area contributed by atoms with E-state index in [-0.39, 0.29) is 37.7 Å². The van der Waals surface area contributed by atoms with Gasteiger partial charge in [-0.25, -0.2) is 24.7 Å². The Bertz CT molecular complexity index is 2320. The van der Waals surface area contributed by atoms with Crippen LogP contribution in [-0.4, -0.2) is 96.9 Å². The number of thiazole rings is 1. The number of fused-ring (bicyclic) bond motifs is 1. The minimum Gasteiger partial charge on any atom is -0.497 e. The van der Waals surface area contributed by atoms with Gasteiger partial charge in [-0.15, -0.1) is 17.9 Å². The number of hydrogen-bond donors (Lipinski definition) is 4. The van der Waals surface area contributed by atoms with Crippen molar-refractivity contribution in [2.24, 2.45) is 11.3 Å². The van der Waals surface area contributed by atoms with Crippen LogP contribution in [0.15, 0.2) is 61.0 Å². The molecule has 3 aromatic heterocycles. The lowest BCUT2D eigenvalue weighted by Gasteiger charge is -2.36. The molecule has 4 aromatic rings. The van der Waals surface area contributed by atoms with Gasteiger partial charge in [-0.2, -0.15) is 0 Å². The Morgan fingerprint density at radius 3 is 2.49 bits per heavy atom. The zero-order valence-electron chi connectivity index (χ0n) is 35.4. The summed E-state index contributed by atoms with van der Waals surface area (Å²) in [7, 11) is -2.59. The quantitative estimate of drug-likeness (QED) is 0.0710. The normalized spacial score (nSPS) is 23.0. The number of carbonyl (C=O) groups is 3. The van der Waals surface area contributed by atoms with Crippen LogP contribution in [0.2, 0.25) is 0 Å². The fourth-order valence-electron chi connectivity index (χ4n) is 8.20. The summed E-state index contributed by atoms with van der Waals surface area (Å²) < 4.78 is 32.2. The van der Waals surface area contributed by atoms with Crippen molar-refractivity contribution >= 4 is 52.6 Å². The number of aromatic nitrogens is 4. The first kappa shape index (κ1) is 44.0. The number of alkyl carbamates (subject to hydrolysis) is 1. The molecule has 7 rings (SSSR count). The summed E-state index contributed by atoms with van der Waals surface area (Å²) >= 11 is 1.46. The first-order valence-electron chi connectivity index (χ1n) is 20.7. The lowest BCUT2D eigenvalue weighted by molar-refractivity contribution is -0.142. The van der Waals surface area contributed by atoms with Crippen molar-refractivity contribution in [2.75, 3.05) is 19.0 Å². The molecule has 16 nitrogen and oxygen atoms in total. The predicted octanol–water partition coefficient (Wildman–Crippen LogP) is 6.90. The maximum absolute atomic E-state index is 14.9. The molecule has 2 saturated carbocycles. The number of methoxy groups -OCH3 is 1. The van der Waals surface area contributed by atoms with Crippen LogP contribution >= 0.6 is 18.7 Å². The summed E-state index contributed by atoms with van der Waals surface area (Å²) in [5, 5.41) is 10.9.